The van der Waals surface area contributed by atoms with Crippen LogP contribution in [0.5, 0.6) is 0 Å². The summed E-state index contributed by atoms with van der Waals surface area (Å²) in [6, 6.07) is 11.0. The summed E-state index contributed by atoms with van der Waals surface area (Å²) >= 11 is 0. The van der Waals surface area contributed by atoms with Crippen LogP contribution in [0.1, 0.15) is 64.9 Å². The first-order valence-corrected chi connectivity index (χ1v) is 9.91. The molecule has 1 saturated heterocycles. The van der Waals surface area contributed by atoms with Gasteiger partial charge in [0.05, 0.1) is 12.2 Å². The van der Waals surface area contributed by atoms with Crippen molar-refractivity contribution in [3.63, 3.8) is 0 Å². The number of ether oxygens (including phenoxy) is 1. The van der Waals surface area contributed by atoms with Crippen molar-refractivity contribution in [3.05, 3.63) is 35.9 Å². The minimum Gasteiger partial charge on any atom is -0.369 e. The third-order valence-corrected chi connectivity index (χ3v) is 5.88. The zero-order valence-corrected chi connectivity index (χ0v) is 15.9. The fourth-order valence-corrected chi connectivity index (χ4v) is 5.20. The van der Waals surface area contributed by atoms with Gasteiger partial charge in [-0.2, -0.15) is 0 Å². The summed E-state index contributed by atoms with van der Waals surface area (Å²) in [5.41, 5.74) is 1.62. The average molecular weight is 330 g/mol. The fourth-order valence-electron chi connectivity index (χ4n) is 5.20. The molecule has 0 aromatic heterocycles. The lowest BCUT2D eigenvalue weighted by Crippen LogP contribution is -2.43. The van der Waals surface area contributed by atoms with Crippen LogP contribution in [0, 0.1) is 11.3 Å². The van der Waals surface area contributed by atoms with Crippen molar-refractivity contribution >= 4 is 0 Å². The second-order valence-electron chi connectivity index (χ2n) is 8.97. The van der Waals surface area contributed by atoms with Crippen LogP contribution >= 0.6 is 0 Å². The number of nitrogens with zero attached hydrogens (tertiary/aromatic N) is 1. The number of hydrogen-bond donors (Lipinski definition) is 0. The van der Waals surface area contributed by atoms with Crippen LogP contribution in [0.2, 0.25) is 0 Å². The highest BCUT2D eigenvalue weighted by Gasteiger charge is 2.44. The molecule has 2 atom stereocenters. The van der Waals surface area contributed by atoms with Gasteiger partial charge >= 0.3 is 0 Å². The fraction of sp³-hybridized carbons (Fsp3) is 0.727. The van der Waals surface area contributed by atoms with Gasteiger partial charge in [0, 0.05) is 6.54 Å². The Morgan fingerprint density at radius 2 is 1.75 bits per heavy atom. The van der Waals surface area contributed by atoms with Crippen molar-refractivity contribution in [1.29, 1.82) is 0 Å². The molecular formula is C22H35NO. The molecule has 2 unspecified atom stereocenters. The minimum atomic E-state index is -0.0990. The highest BCUT2D eigenvalue weighted by molar-refractivity contribution is 5.24. The zero-order chi connectivity index (χ0) is 17.0. The molecule has 1 saturated carbocycles. The molecule has 0 radical (unpaired) electrons. The Balaban J connectivity index is 1.72. The van der Waals surface area contributed by atoms with Gasteiger partial charge in [-0.15, -0.1) is 0 Å². The van der Waals surface area contributed by atoms with Gasteiger partial charge in [0.1, 0.15) is 0 Å². The van der Waals surface area contributed by atoms with E-state index in [1.807, 2.05) is 0 Å². The zero-order valence-electron chi connectivity index (χ0n) is 15.9. The van der Waals surface area contributed by atoms with Crippen molar-refractivity contribution in [1.82, 2.24) is 4.90 Å². The van der Waals surface area contributed by atoms with Gasteiger partial charge in [-0.25, -0.2) is 0 Å². The number of piperidine rings is 1. The van der Waals surface area contributed by atoms with E-state index in [4.69, 9.17) is 4.74 Å². The lowest BCUT2D eigenvalue weighted by atomic mass is 9.63. The standard InChI is InChI=1S/C22H35NO/c1-19-16-21(2,3)18-22(17-19,20-10-6-4-7-11-20)24-15-14-23-12-8-5-9-13-23/h4,6-7,10-11,19H,5,8-9,12-18H2,1-3H3. The Kier molecular flexibility index (Phi) is 5.66. The summed E-state index contributed by atoms with van der Waals surface area (Å²) in [6.07, 6.45) is 7.70. The molecule has 1 aliphatic carbocycles. The second kappa shape index (κ2) is 7.58. The van der Waals surface area contributed by atoms with Crippen molar-refractivity contribution < 1.29 is 4.74 Å². The average Bonchev–Trinajstić information content (AvgIpc) is 2.55. The molecule has 3 rings (SSSR count). The summed E-state index contributed by atoms with van der Waals surface area (Å²) < 4.78 is 6.72. The molecule has 134 valence electrons. The Hall–Kier alpha value is -0.860. The van der Waals surface area contributed by atoms with E-state index in [2.05, 4.69) is 56.0 Å². The molecule has 1 aromatic carbocycles. The molecule has 2 nitrogen and oxygen atoms in total. The van der Waals surface area contributed by atoms with Crippen molar-refractivity contribution in [2.45, 2.75) is 64.9 Å². The van der Waals surface area contributed by atoms with Gasteiger partial charge in [0.2, 0.25) is 0 Å². The maximum absolute atomic E-state index is 6.72. The lowest BCUT2D eigenvalue weighted by Gasteiger charge is -2.48. The van der Waals surface area contributed by atoms with Crippen molar-refractivity contribution in [3.8, 4) is 0 Å². The van der Waals surface area contributed by atoms with E-state index < -0.39 is 0 Å². The highest BCUT2D eigenvalue weighted by atomic mass is 16.5. The SMILES string of the molecule is CC1CC(C)(C)CC(OCCN2CCCCC2)(c2ccccc2)C1. The Labute approximate surface area is 148 Å². The number of hydrogen-bond acceptors (Lipinski definition) is 2. The predicted octanol–water partition coefficient (Wildman–Crippen LogP) is 5.23. The van der Waals surface area contributed by atoms with Gasteiger partial charge in [-0.1, -0.05) is 57.5 Å². The quantitative estimate of drug-likeness (QED) is 0.733. The number of benzene rings is 1. The van der Waals surface area contributed by atoms with E-state index in [0.29, 0.717) is 11.3 Å². The molecule has 1 aromatic rings. The van der Waals surface area contributed by atoms with Gasteiger partial charge in [-0.3, -0.25) is 0 Å². The summed E-state index contributed by atoms with van der Waals surface area (Å²) in [6.45, 7) is 11.7. The number of likely N-dealkylation sites (tertiary alicyclic amines) is 1. The van der Waals surface area contributed by atoms with Crippen LogP contribution in [-0.2, 0) is 10.3 Å². The van der Waals surface area contributed by atoms with Crippen LogP contribution in [0.25, 0.3) is 0 Å². The normalized spacial score (nSPS) is 31.0. The van der Waals surface area contributed by atoms with E-state index in [1.54, 1.807) is 0 Å². The maximum Gasteiger partial charge on any atom is 0.0939 e. The second-order valence-corrected chi connectivity index (χ2v) is 8.97. The molecule has 2 fully saturated rings. The highest BCUT2D eigenvalue weighted by Crippen LogP contribution is 2.50. The monoisotopic (exact) mass is 329 g/mol. The molecule has 0 N–H and O–H groups in total. The summed E-state index contributed by atoms with van der Waals surface area (Å²) in [5, 5.41) is 0. The van der Waals surface area contributed by atoms with Crippen molar-refractivity contribution in [2.75, 3.05) is 26.2 Å². The van der Waals surface area contributed by atoms with E-state index in [1.165, 1.54) is 44.3 Å². The van der Waals surface area contributed by atoms with Gasteiger partial charge in [-0.05, 0) is 62.1 Å². The molecule has 2 aliphatic rings. The molecule has 0 amide bonds. The van der Waals surface area contributed by atoms with Crippen LogP contribution in [0.15, 0.2) is 30.3 Å². The van der Waals surface area contributed by atoms with Gasteiger partial charge in [0.15, 0.2) is 0 Å². The van der Waals surface area contributed by atoms with Gasteiger partial charge < -0.3 is 9.64 Å². The van der Waals surface area contributed by atoms with Gasteiger partial charge in [0.25, 0.3) is 0 Å². The van der Waals surface area contributed by atoms with E-state index >= 15 is 0 Å². The Morgan fingerprint density at radius 3 is 2.42 bits per heavy atom. The Morgan fingerprint density at radius 1 is 1.04 bits per heavy atom. The van der Waals surface area contributed by atoms with Crippen LogP contribution in [0.4, 0.5) is 0 Å². The molecule has 1 heterocycles. The third-order valence-electron chi connectivity index (χ3n) is 5.88. The molecule has 1 aliphatic heterocycles. The lowest BCUT2D eigenvalue weighted by molar-refractivity contribution is -0.121. The molecule has 0 spiro atoms. The summed E-state index contributed by atoms with van der Waals surface area (Å²) in [7, 11) is 0. The maximum atomic E-state index is 6.72. The molecule has 24 heavy (non-hydrogen) atoms. The summed E-state index contributed by atoms with van der Waals surface area (Å²) in [5.74, 6) is 0.712. The number of rotatable bonds is 5. The van der Waals surface area contributed by atoms with Crippen LogP contribution < -0.4 is 0 Å². The Bertz CT molecular complexity index is 506. The van der Waals surface area contributed by atoms with Crippen LogP contribution in [-0.4, -0.2) is 31.1 Å². The first-order chi connectivity index (χ1) is 11.5. The van der Waals surface area contributed by atoms with Crippen LogP contribution in [0.3, 0.4) is 0 Å². The molecule has 2 heteroatoms. The van der Waals surface area contributed by atoms with E-state index in [0.717, 1.165) is 26.0 Å². The third kappa shape index (κ3) is 4.40. The molecule has 0 bridgehead atoms. The summed E-state index contributed by atoms with van der Waals surface area (Å²) in [4.78, 5) is 2.58. The van der Waals surface area contributed by atoms with E-state index in [-0.39, 0.29) is 5.60 Å². The molecular weight excluding hydrogens is 294 g/mol. The van der Waals surface area contributed by atoms with E-state index in [9.17, 15) is 0 Å². The minimum absolute atomic E-state index is 0.0990. The topological polar surface area (TPSA) is 12.5 Å². The van der Waals surface area contributed by atoms with Crippen molar-refractivity contribution in [2.24, 2.45) is 11.3 Å². The first kappa shape index (κ1) is 17.9. The largest absolute Gasteiger partial charge is 0.369 e. The smallest absolute Gasteiger partial charge is 0.0939 e. The first-order valence-electron chi connectivity index (χ1n) is 9.91. The predicted molar refractivity (Wildman–Crippen MR) is 101 cm³/mol.